The number of nitrogens with zero attached hydrogens (tertiary/aromatic N) is 3. The van der Waals surface area contributed by atoms with E-state index in [-0.39, 0.29) is 24.1 Å². The van der Waals surface area contributed by atoms with Gasteiger partial charge in [-0.2, -0.15) is 0 Å². The van der Waals surface area contributed by atoms with Gasteiger partial charge >= 0.3 is 6.36 Å². The number of halogens is 4. The summed E-state index contributed by atoms with van der Waals surface area (Å²) in [7, 11) is 3.78. The first-order valence-corrected chi connectivity index (χ1v) is 9.88. The zero-order valence-corrected chi connectivity index (χ0v) is 18.4. The van der Waals surface area contributed by atoms with Crippen molar-refractivity contribution in [1.82, 2.24) is 9.88 Å². The average Bonchev–Trinajstić information content (AvgIpc) is 3.08. The summed E-state index contributed by atoms with van der Waals surface area (Å²) in [6, 6.07) is 13.3. The molecule has 10 heteroatoms. The molecule has 1 heterocycles. The van der Waals surface area contributed by atoms with Crippen molar-refractivity contribution >= 4 is 51.1 Å². The van der Waals surface area contributed by atoms with Crippen molar-refractivity contribution in [2.45, 2.75) is 6.36 Å². The molecule has 166 valence electrons. The highest BCUT2D eigenvalue weighted by molar-refractivity contribution is 7.22. The fraction of sp³-hybridized carbons (Fsp3) is 0.238. The number of carbonyl (C=O) groups excluding carboxylic acids is 1. The second-order valence-electron chi connectivity index (χ2n) is 6.71. The SMILES string of the molecule is CN(C)CCN(C(=O)C=Cc1ccccc1)c1nc2ccc(OC(F)(F)F)cc2s1.Cl. The first-order chi connectivity index (χ1) is 14.2. The van der Waals surface area contributed by atoms with Crippen LogP contribution in [0.4, 0.5) is 18.3 Å². The second kappa shape index (κ2) is 10.6. The molecule has 0 N–H and O–H groups in total. The molecule has 0 unspecified atom stereocenters. The van der Waals surface area contributed by atoms with Crippen molar-refractivity contribution in [3.05, 3.63) is 60.2 Å². The van der Waals surface area contributed by atoms with Gasteiger partial charge in [-0.25, -0.2) is 4.98 Å². The highest BCUT2D eigenvalue weighted by atomic mass is 35.5. The van der Waals surface area contributed by atoms with Gasteiger partial charge in [0, 0.05) is 25.2 Å². The molecule has 1 aromatic heterocycles. The molecule has 3 aromatic rings. The standard InChI is InChI=1S/C21H20F3N3O2S.ClH/c1-26(2)12-13-27(19(28)11-8-15-6-4-3-5-7-15)20-25-17-10-9-16(14-18(17)30-20)29-21(22,23)24;/h3-11,14H,12-13H2,1-2H3;1H. The molecule has 0 saturated heterocycles. The van der Waals surface area contributed by atoms with E-state index >= 15 is 0 Å². The van der Waals surface area contributed by atoms with Gasteiger partial charge in [0.2, 0.25) is 0 Å². The molecule has 0 aliphatic heterocycles. The molecule has 0 fully saturated rings. The summed E-state index contributed by atoms with van der Waals surface area (Å²) < 4.78 is 41.9. The third-order valence-corrected chi connectivity index (χ3v) is 5.11. The maximum Gasteiger partial charge on any atom is 0.573 e. The third-order valence-electron chi connectivity index (χ3n) is 4.07. The largest absolute Gasteiger partial charge is 0.573 e. The number of fused-ring (bicyclic) bond motifs is 1. The van der Waals surface area contributed by atoms with Crippen molar-refractivity contribution in [1.29, 1.82) is 0 Å². The predicted molar refractivity (Wildman–Crippen MR) is 120 cm³/mol. The van der Waals surface area contributed by atoms with E-state index in [1.807, 2.05) is 49.3 Å². The molecule has 0 atom stereocenters. The maximum absolute atomic E-state index is 12.9. The van der Waals surface area contributed by atoms with E-state index in [1.165, 1.54) is 29.2 Å². The fourth-order valence-electron chi connectivity index (χ4n) is 2.63. The van der Waals surface area contributed by atoms with Gasteiger partial charge in [-0.15, -0.1) is 25.6 Å². The number of hydrogen-bond acceptors (Lipinski definition) is 5. The minimum Gasteiger partial charge on any atom is -0.406 e. The van der Waals surface area contributed by atoms with Crippen LogP contribution in [0.5, 0.6) is 5.75 Å². The lowest BCUT2D eigenvalue weighted by atomic mass is 10.2. The smallest absolute Gasteiger partial charge is 0.406 e. The van der Waals surface area contributed by atoms with Crippen LogP contribution in [0, 0.1) is 0 Å². The molecule has 31 heavy (non-hydrogen) atoms. The number of rotatable bonds is 7. The van der Waals surface area contributed by atoms with Crippen molar-refractivity contribution in [3.63, 3.8) is 0 Å². The molecular weight excluding hydrogens is 451 g/mol. The van der Waals surface area contributed by atoms with Gasteiger partial charge in [0.1, 0.15) is 5.75 Å². The van der Waals surface area contributed by atoms with Crippen LogP contribution in [0.25, 0.3) is 16.3 Å². The molecule has 0 bridgehead atoms. The van der Waals surface area contributed by atoms with Gasteiger partial charge in [-0.3, -0.25) is 9.69 Å². The van der Waals surface area contributed by atoms with Gasteiger partial charge in [0.15, 0.2) is 5.13 Å². The van der Waals surface area contributed by atoms with Gasteiger partial charge in [-0.1, -0.05) is 41.7 Å². The van der Waals surface area contributed by atoms with Gasteiger partial charge in [-0.05, 0) is 37.9 Å². The first-order valence-electron chi connectivity index (χ1n) is 9.07. The lowest BCUT2D eigenvalue weighted by Crippen LogP contribution is -2.35. The Morgan fingerprint density at radius 3 is 2.48 bits per heavy atom. The zero-order chi connectivity index (χ0) is 21.7. The van der Waals surface area contributed by atoms with E-state index in [2.05, 4.69) is 9.72 Å². The van der Waals surface area contributed by atoms with E-state index in [9.17, 15) is 18.0 Å². The molecule has 1 amide bonds. The van der Waals surface area contributed by atoms with Crippen LogP contribution in [0.15, 0.2) is 54.6 Å². The number of thiazole rings is 1. The molecule has 0 aliphatic rings. The Kier molecular flexibility index (Phi) is 8.43. The van der Waals surface area contributed by atoms with Crippen LogP contribution in [-0.4, -0.2) is 49.3 Å². The Hall–Kier alpha value is -2.62. The normalized spacial score (nSPS) is 11.7. The number of carbonyl (C=O) groups is 1. The molecule has 0 radical (unpaired) electrons. The highest BCUT2D eigenvalue weighted by Gasteiger charge is 2.31. The number of anilines is 1. The van der Waals surface area contributed by atoms with Crippen LogP contribution in [0.2, 0.25) is 0 Å². The summed E-state index contributed by atoms with van der Waals surface area (Å²) in [5.74, 6) is -0.577. The first kappa shape index (κ1) is 24.6. The van der Waals surface area contributed by atoms with Crippen molar-refractivity contribution in [3.8, 4) is 5.75 Å². The van der Waals surface area contributed by atoms with E-state index in [4.69, 9.17) is 0 Å². The lowest BCUT2D eigenvalue weighted by Gasteiger charge is -2.20. The van der Waals surface area contributed by atoms with Crippen LogP contribution < -0.4 is 9.64 Å². The summed E-state index contributed by atoms with van der Waals surface area (Å²) in [5, 5.41) is 0.415. The fourth-order valence-corrected chi connectivity index (χ4v) is 3.65. The van der Waals surface area contributed by atoms with Crippen LogP contribution in [-0.2, 0) is 4.79 Å². The molecule has 0 saturated carbocycles. The summed E-state index contributed by atoms with van der Waals surface area (Å²) in [5.41, 5.74) is 1.39. The number of aromatic nitrogens is 1. The second-order valence-corrected chi connectivity index (χ2v) is 7.72. The van der Waals surface area contributed by atoms with Crippen LogP contribution >= 0.6 is 23.7 Å². The van der Waals surface area contributed by atoms with Crippen molar-refractivity contribution in [2.24, 2.45) is 0 Å². The zero-order valence-electron chi connectivity index (χ0n) is 16.8. The average molecular weight is 472 g/mol. The quantitative estimate of drug-likeness (QED) is 0.443. The minimum atomic E-state index is -4.77. The Bertz CT molecular complexity index is 1040. The molecule has 0 spiro atoms. The predicted octanol–water partition coefficient (Wildman–Crippen LogP) is 5.22. The Balaban J connectivity index is 0.00000341. The number of amides is 1. The van der Waals surface area contributed by atoms with Gasteiger partial charge in [0.25, 0.3) is 5.91 Å². The van der Waals surface area contributed by atoms with E-state index in [0.29, 0.717) is 28.4 Å². The molecule has 5 nitrogen and oxygen atoms in total. The molecule has 0 aliphatic carbocycles. The topological polar surface area (TPSA) is 45.7 Å². The number of hydrogen-bond donors (Lipinski definition) is 0. The monoisotopic (exact) mass is 471 g/mol. The van der Waals surface area contributed by atoms with Crippen molar-refractivity contribution in [2.75, 3.05) is 32.1 Å². The number of benzene rings is 2. The summed E-state index contributed by atoms with van der Waals surface area (Å²) in [6.07, 6.45) is -1.58. The van der Waals surface area contributed by atoms with Gasteiger partial charge < -0.3 is 9.64 Å². The van der Waals surface area contributed by atoms with E-state index in [1.54, 1.807) is 6.08 Å². The molecule has 3 rings (SSSR count). The highest BCUT2D eigenvalue weighted by Crippen LogP contribution is 2.33. The van der Waals surface area contributed by atoms with Crippen LogP contribution in [0.1, 0.15) is 5.56 Å². The summed E-state index contributed by atoms with van der Waals surface area (Å²) in [6.45, 7) is 0.986. The number of likely N-dealkylation sites (N-methyl/N-ethyl adjacent to an activating group) is 1. The van der Waals surface area contributed by atoms with Gasteiger partial charge in [0.05, 0.1) is 10.2 Å². The molecular formula is C21H21ClF3N3O2S. The van der Waals surface area contributed by atoms with E-state index < -0.39 is 6.36 Å². The number of ether oxygens (including phenoxy) is 1. The number of alkyl halides is 3. The molecule has 2 aromatic carbocycles. The van der Waals surface area contributed by atoms with Crippen molar-refractivity contribution < 1.29 is 22.7 Å². The maximum atomic E-state index is 12.9. The summed E-state index contributed by atoms with van der Waals surface area (Å²) >= 11 is 1.14. The Morgan fingerprint density at radius 1 is 1.13 bits per heavy atom. The third kappa shape index (κ3) is 7.23. The minimum absolute atomic E-state index is 0. The Morgan fingerprint density at radius 2 is 1.84 bits per heavy atom. The van der Waals surface area contributed by atoms with Crippen LogP contribution in [0.3, 0.4) is 0 Å². The summed E-state index contributed by atoms with van der Waals surface area (Å²) in [4.78, 5) is 20.8. The van der Waals surface area contributed by atoms with E-state index in [0.717, 1.165) is 16.9 Å². The Labute approximate surface area is 188 Å². The lowest BCUT2D eigenvalue weighted by molar-refractivity contribution is -0.274.